The molecule has 4 amide bonds. The summed E-state index contributed by atoms with van der Waals surface area (Å²) in [6.07, 6.45) is -2.72. The molecule has 4 rings (SSSR count). The third-order valence-corrected chi connectivity index (χ3v) is 6.22. The van der Waals surface area contributed by atoms with E-state index in [0.29, 0.717) is 0 Å². The van der Waals surface area contributed by atoms with Gasteiger partial charge in [-0.2, -0.15) is 13.2 Å². The zero-order valence-corrected chi connectivity index (χ0v) is 20.7. The zero-order chi connectivity index (χ0) is 27.8. The molecule has 1 saturated heterocycles. The maximum Gasteiger partial charge on any atom is 0.418 e. The molecule has 0 radical (unpaired) electrons. The van der Waals surface area contributed by atoms with Gasteiger partial charge >= 0.3 is 12.2 Å². The summed E-state index contributed by atoms with van der Waals surface area (Å²) in [6.45, 7) is 2.18. The molecule has 2 atom stereocenters. The maximum atomic E-state index is 13.3. The van der Waals surface area contributed by atoms with Crippen LogP contribution in [-0.2, 0) is 20.6 Å². The van der Waals surface area contributed by atoms with E-state index < -0.39 is 41.8 Å². The summed E-state index contributed by atoms with van der Waals surface area (Å²) in [4.78, 5) is 66.0. The number of pyridine rings is 2. The van der Waals surface area contributed by atoms with E-state index in [1.165, 1.54) is 54.5 Å². The summed E-state index contributed by atoms with van der Waals surface area (Å²) >= 11 is 0. The molecule has 2 aromatic rings. The lowest BCUT2D eigenvalue weighted by atomic mass is 10.1. The number of hydrogen-bond acceptors (Lipinski definition) is 8. The zero-order valence-electron chi connectivity index (χ0n) is 20.7. The van der Waals surface area contributed by atoms with E-state index in [4.69, 9.17) is 0 Å². The number of aromatic nitrogens is 2. The number of alkyl halides is 3. The number of Topliss-reactive ketones (excluding diaryl/α,β-unsaturated/α-hetero) is 1. The molecule has 2 unspecified atom stereocenters. The molecular formula is C24H24F3N7O4. The molecule has 2 aromatic heterocycles. The third kappa shape index (κ3) is 5.19. The van der Waals surface area contributed by atoms with Gasteiger partial charge in [0.2, 0.25) is 5.91 Å². The number of urea groups is 1. The molecule has 1 fully saturated rings. The SMILES string of the molecule is CCC(=O)CN1C(=O)C2C(N=CN2CC(=O)Nc2cccc(-c3cnc(C)c(C(F)(F)F)c3)n2)N(C)C1=O. The standard InChI is InChI=1S/C24H24F3N7O4/c1-4-15(35)10-34-22(37)20-21(32(3)23(34)38)29-12-33(20)11-19(36)31-18-7-5-6-17(30-18)14-8-16(24(25,26)27)13(2)28-9-14/h5-9,12,20-21H,4,10-11H2,1-3H3,(H,30,31,36). The molecule has 2 aliphatic heterocycles. The molecule has 1 N–H and O–H groups in total. The van der Waals surface area contributed by atoms with Crippen molar-refractivity contribution in [2.45, 2.75) is 38.7 Å². The average molecular weight is 531 g/mol. The van der Waals surface area contributed by atoms with Crippen LogP contribution in [-0.4, -0.2) is 87.0 Å². The van der Waals surface area contributed by atoms with Crippen LogP contribution in [0.15, 0.2) is 35.5 Å². The fourth-order valence-corrected chi connectivity index (χ4v) is 4.16. The molecule has 0 aromatic carbocycles. The van der Waals surface area contributed by atoms with Crippen LogP contribution in [0.5, 0.6) is 0 Å². The lowest BCUT2D eigenvalue weighted by Crippen LogP contribution is -2.65. The van der Waals surface area contributed by atoms with Gasteiger partial charge in [0.1, 0.15) is 5.82 Å². The van der Waals surface area contributed by atoms with Crippen molar-refractivity contribution in [3.63, 3.8) is 0 Å². The predicted molar refractivity (Wildman–Crippen MR) is 129 cm³/mol. The minimum Gasteiger partial charge on any atom is -0.338 e. The number of nitrogens with one attached hydrogen (secondary N) is 1. The molecule has 0 saturated carbocycles. The first-order valence-corrected chi connectivity index (χ1v) is 11.6. The fourth-order valence-electron chi connectivity index (χ4n) is 4.16. The normalized spacial score (nSPS) is 19.2. The molecule has 0 spiro atoms. The van der Waals surface area contributed by atoms with Gasteiger partial charge in [-0.1, -0.05) is 13.0 Å². The Hall–Kier alpha value is -4.36. The average Bonchev–Trinajstić information content (AvgIpc) is 3.28. The number of fused-ring (bicyclic) bond motifs is 1. The summed E-state index contributed by atoms with van der Waals surface area (Å²) in [6, 6.07) is 3.77. The van der Waals surface area contributed by atoms with Crippen molar-refractivity contribution in [1.29, 1.82) is 0 Å². The summed E-state index contributed by atoms with van der Waals surface area (Å²) in [7, 11) is 1.45. The van der Waals surface area contributed by atoms with Gasteiger partial charge in [-0.3, -0.25) is 24.3 Å². The van der Waals surface area contributed by atoms with E-state index in [1.54, 1.807) is 6.92 Å². The van der Waals surface area contributed by atoms with Gasteiger partial charge in [-0.05, 0) is 25.1 Å². The van der Waals surface area contributed by atoms with Gasteiger partial charge in [0.15, 0.2) is 18.0 Å². The smallest absolute Gasteiger partial charge is 0.338 e. The lowest BCUT2D eigenvalue weighted by Gasteiger charge is -2.40. The Bertz CT molecular complexity index is 1330. The second-order valence-corrected chi connectivity index (χ2v) is 8.82. The number of carbonyl (C=O) groups excluding carboxylic acids is 4. The Labute approximate surface area is 215 Å². The first-order chi connectivity index (χ1) is 17.9. The van der Waals surface area contributed by atoms with Crippen molar-refractivity contribution in [3.05, 3.63) is 41.7 Å². The van der Waals surface area contributed by atoms with Crippen LogP contribution in [0.3, 0.4) is 0 Å². The highest BCUT2D eigenvalue weighted by Gasteiger charge is 2.50. The number of nitrogens with zero attached hydrogens (tertiary/aromatic N) is 6. The van der Waals surface area contributed by atoms with E-state index in [0.717, 1.165) is 11.0 Å². The molecule has 4 heterocycles. The number of amides is 4. The van der Waals surface area contributed by atoms with E-state index in [-0.39, 0.29) is 48.1 Å². The number of aryl methyl sites for hydroxylation is 1. The first-order valence-electron chi connectivity index (χ1n) is 11.6. The number of ketones is 1. The second kappa shape index (κ2) is 10.2. The number of imide groups is 1. The maximum absolute atomic E-state index is 13.3. The quantitative estimate of drug-likeness (QED) is 0.581. The Morgan fingerprint density at radius 3 is 2.58 bits per heavy atom. The minimum absolute atomic E-state index is 0.0757. The molecule has 2 aliphatic rings. The van der Waals surface area contributed by atoms with Crippen molar-refractivity contribution in [1.82, 2.24) is 24.7 Å². The molecule has 0 bridgehead atoms. The Morgan fingerprint density at radius 1 is 1.16 bits per heavy atom. The van der Waals surface area contributed by atoms with Crippen LogP contribution in [0.4, 0.5) is 23.8 Å². The molecular weight excluding hydrogens is 507 g/mol. The van der Waals surface area contributed by atoms with Gasteiger partial charge in [-0.25, -0.2) is 14.8 Å². The topological polar surface area (TPSA) is 128 Å². The van der Waals surface area contributed by atoms with Gasteiger partial charge in [0.25, 0.3) is 5.91 Å². The highest BCUT2D eigenvalue weighted by atomic mass is 19.4. The van der Waals surface area contributed by atoms with Crippen LogP contribution in [0.1, 0.15) is 24.6 Å². The fraction of sp³-hybridized carbons (Fsp3) is 0.375. The van der Waals surface area contributed by atoms with Gasteiger partial charge in [-0.15, -0.1) is 0 Å². The van der Waals surface area contributed by atoms with Crippen LogP contribution < -0.4 is 5.32 Å². The van der Waals surface area contributed by atoms with Gasteiger partial charge < -0.3 is 15.1 Å². The molecule has 14 heteroatoms. The number of aliphatic imine (C=N–C) groups is 1. The Kier molecular flexibility index (Phi) is 7.16. The molecule has 11 nitrogen and oxygen atoms in total. The van der Waals surface area contributed by atoms with Crippen LogP contribution in [0.2, 0.25) is 0 Å². The van der Waals surface area contributed by atoms with Gasteiger partial charge in [0, 0.05) is 30.9 Å². The van der Waals surface area contributed by atoms with Crippen LogP contribution in [0.25, 0.3) is 11.3 Å². The predicted octanol–water partition coefficient (Wildman–Crippen LogP) is 2.32. The highest BCUT2D eigenvalue weighted by Crippen LogP contribution is 2.33. The number of hydrogen-bond donors (Lipinski definition) is 1. The second-order valence-electron chi connectivity index (χ2n) is 8.82. The summed E-state index contributed by atoms with van der Waals surface area (Å²) in [5.41, 5.74) is -0.763. The van der Waals surface area contributed by atoms with Crippen molar-refractivity contribution in [2.24, 2.45) is 4.99 Å². The third-order valence-electron chi connectivity index (χ3n) is 6.22. The van der Waals surface area contributed by atoms with E-state index >= 15 is 0 Å². The van der Waals surface area contributed by atoms with Crippen molar-refractivity contribution in [3.8, 4) is 11.3 Å². The van der Waals surface area contributed by atoms with Gasteiger partial charge in [0.05, 0.1) is 30.7 Å². The lowest BCUT2D eigenvalue weighted by molar-refractivity contribution is -0.140. The summed E-state index contributed by atoms with van der Waals surface area (Å²) < 4.78 is 39.9. The number of anilines is 1. The van der Waals surface area contributed by atoms with E-state index in [2.05, 4.69) is 20.3 Å². The van der Waals surface area contributed by atoms with E-state index in [1.807, 2.05) is 0 Å². The molecule has 200 valence electrons. The Morgan fingerprint density at radius 2 is 1.89 bits per heavy atom. The number of halogens is 3. The van der Waals surface area contributed by atoms with Crippen LogP contribution in [0, 0.1) is 6.92 Å². The summed E-state index contributed by atoms with van der Waals surface area (Å²) in [5, 5.41) is 2.56. The highest BCUT2D eigenvalue weighted by molar-refractivity contribution is 6.05. The van der Waals surface area contributed by atoms with Crippen molar-refractivity contribution < 1.29 is 32.3 Å². The molecule has 38 heavy (non-hydrogen) atoms. The van der Waals surface area contributed by atoms with Crippen LogP contribution >= 0.6 is 0 Å². The monoisotopic (exact) mass is 531 g/mol. The minimum atomic E-state index is -4.58. The molecule has 0 aliphatic carbocycles. The summed E-state index contributed by atoms with van der Waals surface area (Å²) in [5.74, 6) is -1.44. The number of likely N-dealkylation sites (N-methyl/N-ethyl adjacent to an activating group) is 1. The first kappa shape index (κ1) is 26.7. The van der Waals surface area contributed by atoms with E-state index in [9.17, 15) is 32.3 Å². The largest absolute Gasteiger partial charge is 0.418 e. The van der Waals surface area contributed by atoms with Crippen molar-refractivity contribution in [2.75, 3.05) is 25.5 Å². The van der Waals surface area contributed by atoms with Crippen molar-refractivity contribution >= 4 is 35.8 Å². The Balaban J connectivity index is 1.48. The number of rotatable bonds is 7. The number of carbonyl (C=O) groups is 4.